The Morgan fingerprint density at radius 3 is 1.75 bits per heavy atom. The van der Waals surface area contributed by atoms with Crippen molar-refractivity contribution >= 4 is 89.0 Å². The van der Waals surface area contributed by atoms with Crippen LogP contribution in [0, 0.1) is 11.8 Å². The van der Waals surface area contributed by atoms with Gasteiger partial charge >= 0.3 is 5.97 Å². The van der Waals surface area contributed by atoms with Crippen molar-refractivity contribution in [2.24, 2.45) is 11.8 Å². The first-order chi connectivity index (χ1) is 27.3. The van der Waals surface area contributed by atoms with E-state index in [1.54, 1.807) is 57.1 Å². The molecule has 1 aliphatic heterocycles. The minimum absolute atomic E-state index is 0.00768. The third-order valence-corrected chi connectivity index (χ3v) is 13.2. The summed E-state index contributed by atoms with van der Waals surface area (Å²) in [5.41, 5.74) is 6.33. The summed E-state index contributed by atoms with van der Waals surface area (Å²) in [7, 11) is 0. The molecular formula is C39H35N11O4S2. The highest BCUT2D eigenvalue weighted by Crippen LogP contribution is 2.42. The summed E-state index contributed by atoms with van der Waals surface area (Å²) in [4.78, 5) is 47.9. The average molecular weight is 786 g/mol. The van der Waals surface area contributed by atoms with Crippen LogP contribution in [-0.2, 0) is 35.3 Å². The summed E-state index contributed by atoms with van der Waals surface area (Å²) < 4.78 is 3.63. The summed E-state index contributed by atoms with van der Waals surface area (Å²) in [6, 6.07) is 11.9. The van der Waals surface area contributed by atoms with Gasteiger partial charge in [0.2, 0.25) is 5.91 Å². The molecule has 2 aliphatic carbocycles. The van der Waals surface area contributed by atoms with Crippen LogP contribution >= 0.6 is 22.7 Å². The van der Waals surface area contributed by atoms with Gasteiger partial charge in [0.25, 0.3) is 0 Å². The maximum atomic E-state index is 12.7. The number of pyridine rings is 2. The predicted octanol–water partition coefficient (Wildman–Crippen LogP) is 5.66. The van der Waals surface area contributed by atoms with Gasteiger partial charge in [-0.2, -0.15) is 10.2 Å². The number of aliphatic hydroxyl groups is 1. The Balaban J connectivity index is 0.000000139. The molecule has 56 heavy (non-hydrogen) atoms. The number of nitrogens with zero attached hydrogens (tertiary/aromatic N) is 9. The zero-order valence-electron chi connectivity index (χ0n) is 29.9. The first-order valence-corrected chi connectivity index (χ1v) is 20.1. The number of aliphatic carboxylic acids is 1. The second kappa shape index (κ2) is 13.9. The topological polar surface area (TPSA) is 188 Å². The molecule has 4 N–H and O–H groups in total. The zero-order chi connectivity index (χ0) is 37.9. The minimum Gasteiger partial charge on any atom is -0.481 e. The third kappa shape index (κ3) is 6.26. The lowest BCUT2D eigenvalue weighted by Crippen LogP contribution is -2.55. The Kier molecular flexibility index (Phi) is 8.56. The Morgan fingerprint density at radius 1 is 0.714 bits per heavy atom. The van der Waals surface area contributed by atoms with Crippen molar-refractivity contribution in [3.05, 3.63) is 94.7 Å². The molecule has 9 heterocycles. The number of hydrogen-bond acceptors (Lipinski definition) is 13. The number of amides is 1. The molecule has 8 aromatic heterocycles. The number of aryl methyl sites for hydroxylation is 2. The molecule has 3 aliphatic rings. The predicted molar refractivity (Wildman–Crippen MR) is 213 cm³/mol. The fourth-order valence-electron chi connectivity index (χ4n) is 8.00. The number of fused-ring (bicyclic) bond motifs is 8. The number of hydrogen-bond donors (Lipinski definition) is 4. The van der Waals surface area contributed by atoms with E-state index in [1.807, 2.05) is 53.3 Å². The Bertz CT molecular complexity index is 2800. The summed E-state index contributed by atoms with van der Waals surface area (Å²) in [5.74, 6) is 0.714. The molecule has 2 atom stereocenters. The van der Waals surface area contributed by atoms with Gasteiger partial charge in [0.05, 0.1) is 33.8 Å². The first-order valence-electron chi connectivity index (χ1n) is 18.5. The van der Waals surface area contributed by atoms with Gasteiger partial charge in [0.15, 0.2) is 0 Å². The largest absolute Gasteiger partial charge is 0.481 e. The second-order valence-corrected chi connectivity index (χ2v) is 16.6. The van der Waals surface area contributed by atoms with Crippen molar-refractivity contribution in [2.45, 2.75) is 44.6 Å². The number of nitrogens with one attached hydrogen (secondary N) is 2. The van der Waals surface area contributed by atoms with Crippen molar-refractivity contribution in [1.82, 2.24) is 44.1 Å². The Labute approximate surface area is 326 Å². The number of likely N-dealkylation sites (tertiary alicyclic amines) is 1. The van der Waals surface area contributed by atoms with Crippen molar-refractivity contribution in [3.8, 4) is 0 Å². The number of carboxylic acids is 1. The van der Waals surface area contributed by atoms with E-state index in [1.165, 1.54) is 16.0 Å². The molecule has 15 nitrogen and oxygen atoms in total. The van der Waals surface area contributed by atoms with Crippen LogP contribution in [0.2, 0.25) is 0 Å². The summed E-state index contributed by atoms with van der Waals surface area (Å²) in [6.45, 7) is 0.936. The lowest BCUT2D eigenvalue weighted by Gasteiger charge is -2.38. The van der Waals surface area contributed by atoms with Gasteiger partial charge in [-0.25, -0.2) is 29.0 Å². The monoisotopic (exact) mass is 785 g/mol. The van der Waals surface area contributed by atoms with Gasteiger partial charge in [-0.15, -0.1) is 22.7 Å². The summed E-state index contributed by atoms with van der Waals surface area (Å²) >= 11 is 3.24. The number of anilines is 4. The SMILES string of the molecule is O=C(O)[C@H]1CCc2c(sc3ncnc(Nc4ccn5nccc5c4)c23)C1.O=C([C@H]1CCc2c(sc3ncnc(Nc4ccn5nccc5c4)c23)C1)N1CC(O)C1. The molecule has 0 unspecified atom stereocenters. The summed E-state index contributed by atoms with van der Waals surface area (Å²) in [5, 5.41) is 36.2. The van der Waals surface area contributed by atoms with Crippen LogP contribution < -0.4 is 10.6 Å². The van der Waals surface area contributed by atoms with Crippen LogP contribution in [-0.4, -0.2) is 85.3 Å². The van der Waals surface area contributed by atoms with Gasteiger partial charge in [0, 0.05) is 64.9 Å². The smallest absolute Gasteiger partial charge is 0.306 e. The number of rotatable bonds is 6. The number of carbonyl (C=O) groups is 2. The molecule has 8 aromatic rings. The minimum atomic E-state index is -0.716. The molecule has 0 radical (unpaired) electrons. The number of β-amino-alcohol motifs (C(OH)–C–C–N with tert-alkyl or cyclic N) is 1. The van der Waals surface area contributed by atoms with Crippen LogP contribution in [0.4, 0.5) is 23.0 Å². The molecule has 0 spiro atoms. The van der Waals surface area contributed by atoms with Crippen LogP contribution in [0.3, 0.4) is 0 Å². The van der Waals surface area contributed by atoms with Gasteiger partial charge in [0.1, 0.15) is 34.0 Å². The third-order valence-electron chi connectivity index (χ3n) is 10.9. The van der Waals surface area contributed by atoms with Gasteiger partial charge in [-0.1, -0.05) is 0 Å². The molecule has 17 heteroatoms. The van der Waals surface area contributed by atoms with Crippen molar-refractivity contribution in [3.63, 3.8) is 0 Å². The average Bonchev–Trinajstić information content (AvgIpc) is 4.00. The molecule has 282 valence electrons. The molecular weight excluding hydrogens is 751 g/mol. The van der Waals surface area contributed by atoms with Crippen LogP contribution in [0.15, 0.2) is 73.8 Å². The van der Waals surface area contributed by atoms with E-state index in [4.69, 9.17) is 0 Å². The van der Waals surface area contributed by atoms with Crippen LogP contribution in [0.1, 0.15) is 33.7 Å². The molecule has 11 rings (SSSR count). The number of aromatic nitrogens is 8. The maximum Gasteiger partial charge on any atom is 0.306 e. The number of thiophene rings is 2. The van der Waals surface area contributed by atoms with Crippen molar-refractivity contribution in [2.75, 3.05) is 23.7 Å². The highest BCUT2D eigenvalue weighted by molar-refractivity contribution is 7.19. The van der Waals surface area contributed by atoms with Gasteiger partial charge in [-0.05, 0) is 86.1 Å². The van der Waals surface area contributed by atoms with E-state index >= 15 is 0 Å². The lowest BCUT2D eigenvalue weighted by atomic mass is 9.86. The van der Waals surface area contributed by atoms with Crippen LogP contribution in [0.5, 0.6) is 0 Å². The normalized spacial score (nSPS) is 18.0. The Hall–Kier alpha value is -6.04. The molecule has 0 bridgehead atoms. The van der Waals surface area contributed by atoms with E-state index in [9.17, 15) is 19.8 Å². The fraction of sp³-hybridized carbons (Fsp3) is 0.282. The van der Waals surface area contributed by atoms with E-state index in [2.05, 4.69) is 40.8 Å². The van der Waals surface area contributed by atoms with E-state index < -0.39 is 5.97 Å². The van der Waals surface area contributed by atoms with Crippen molar-refractivity contribution < 1.29 is 19.8 Å². The van der Waals surface area contributed by atoms with E-state index in [0.717, 1.165) is 85.0 Å². The lowest BCUT2D eigenvalue weighted by molar-refractivity contribution is -0.146. The highest BCUT2D eigenvalue weighted by atomic mass is 32.1. The van der Waals surface area contributed by atoms with E-state index in [0.29, 0.717) is 25.9 Å². The molecule has 0 aromatic carbocycles. The molecule has 0 saturated carbocycles. The molecule has 1 amide bonds. The molecule has 1 saturated heterocycles. The van der Waals surface area contributed by atoms with Crippen LogP contribution in [0.25, 0.3) is 31.5 Å². The first kappa shape index (κ1) is 34.5. The van der Waals surface area contributed by atoms with Gasteiger partial charge in [-0.3, -0.25) is 9.59 Å². The number of carbonyl (C=O) groups excluding carboxylic acids is 1. The number of aliphatic hydroxyl groups excluding tert-OH is 1. The Morgan fingerprint density at radius 2 is 1.23 bits per heavy atom. The maximum absolute atomic E-state index is 12.7. The van der Waals surface area contributed by atoms with E-state index in [-0.39, 0.29) is 23.8 Å². The molecule has 1 fully saturated rings. The second-order valence-electron chi connectivity index (χ2n) is 14.4. The van der Waals surface area contributed by atoms with Gasteiger partial charge < -0.3 is 25.7 Å². The number of carboxylic acid groups (broad SMARTS) is 1. The quantitative estimate of drug-likeness (QED) is 0.162. The summed E-state index contributed by atoms with van der Waals surface area (Å²) in [6.07, 6.45) is 14.5. The highest BCUT2D eigenvalue weighted by Gasteiger charge is 2.36. The standard InChI is InChI=1S/C21H20N6O2S.C18H15N5O2S/c28-15-9-26(10-15)21(29)12-1-2-16-17(7-12)30-20-18(16)19(22-11-23-20)25-13-4-6-27-14(8-13)3-5-24-27;24-18(25)10-1-2-13-14(7-10)26-17-15(13)16(19-9-20-17)22-11-4-6-23-12(8-11)3-5-21-23/h3-6,8,11-12,15,28H,1-2,7,9-10H2,(H,22,23,25);3-6,8-10H,1-2,7H2,(H,24,25)(H,19,20,22)/t12-;10-/m00/s1. The fourth-order valence-corrected chi connectivity index (χ4v) is 10.5. The zero-order valence-corrected chi connectivity index (χ0v) is 31.5. The van der Waals surface area contributed by atoms with Crippen molar-refractivity contribution in [1.29, 1.82) is 0 Å².